The third-order valence-electron chi connectivity index (χ3n) is 3.38. The maximum Gasteiger partial charge on any atom is 0.342 e. The van der Waals surface area contributed by atoms with Crippen LogP contribution in [0.2, 0.25) is 0 Å². The third kappa shape index (κ3) is 5.98. The molecule has 1 atom stereocenters. The number of carbonyl (C=O) groups excluding carboxylic acids is 1. The van der Waals surface area contributed by atoms with E-state index in [9.17, 15) is 14.4 Å². The van der Waals surface area contributed by atoms with Gasteiger partial charge >= 0.3 is 5.69 Å². The van der Waals surface area contributed by atoms with Crippen LogP contribution in [-0.2, 0) is 4.79 Å². The largest absolute Gasteiger partial charge is 0.493 e. The second kappa shape index (κ2) is 10.3. The second-order valence-corrected chi connectivity index (χ2v) is 6.89. The summed E-state index contributed by atoms with van der Waals surface area (Å²) < 4.78 is 10.9. The standard InChI is InChI=1S/C17H21N5O5S/c1-4-7-27-13-8-11(5-6-12(13)26-3)9-18-20-14(23)10(2)28-16-15(24)19-17(25)22-21-16/h5-6,8-10H,4,7H2,1-3H3,(H,20,23)(H2,19,22,24,25)/b18-9+. The van der Waals surface area contributed by atoms with Gasteiger partial charge in [0.2, 0.25) is 0 Å². The van der Waals surface area contributed by atoms with E-state index in [0.29, 0.717) is 23.7 Å². The highest BCUT2D eigenvalue weighted by atomic mass is 32.2. The Morgan fingerprint density at radius 2 is 2.18 bits per heavy atom. The van der Waals surface area contributed by atoms with Gasteiger partial charge in [-0.15, -0.1) is 0 Å². The smallest absolute Gasteiger partial charge is 0.342 e. The van der Waals surface area contributed by atoms with Gasteiger partial charge < -0.3 is 9.47 Å². The summed E-state index contributed by atoms with van der Waals surface area (Å²) in [6, 6.07) is 5.28. The lowest BCUT2D eigenvalue weighted by Crippen LogP contribution is -2.30. The van der Waals surface area contributed by atoms with Crippen molar-refractivity contribution in [3.8, 4) is 11.5 Å². The van der Waals surface area contributed by atoms with Crippen molar-refractivity contribution >= 4 is 23.9 Å². The molecular formula is C17H21N5O5S. The van der Waals surface area contributed by atoms with Gasteiger partial charge in [-0.05, 0) is 37.1 Å². The highest BCUT2D eigenvalue weighted by molar-refractivity contribution is 8.00. The molecule has 2 aromatic rings. The number of thioether (sulfide) groups is 1. The minimum atomic E-state index is -0.710. The zero-order valence-corrected chi connectivity index (χ0v) is 16.5. The second-order valence-electron chi connectivity index (χ2n) is 5.57. The van der Waals surface area contributed by atoms with Crippen LogP contribution in [0.25, 0.3) is 0 Å². The number of nitrogens with zero attached hydrogens (tertiary/aromatic N) is 2. The minimum absolute atomic E-state index is 0.0147. The van der Waals surface area contributed by atoms with E-state index in [0.717, 1.165) is 18.2 Å². The molecule has 0 saturated carbocycles. The van der Waals surface area contributed by atoms with Gasteiger partial charge in [0.25, 0.3) is 11.5 Å². The molecule has 1 aromatic heterocycles. The molecule has 0 bridgehead atoms. The molecule has 150 valence electrons. The van der Waals surface area contributed by atoms with Crippen molar-refractivity contribution < 1.29 is 14.3 Å². The Balaban J connectivity index is 1.98. The first-order valence-corrected chi connectivity index (χ1v) is 9.32. The van der Waals surface area contributed by atoms with E-state index in [1.165, 1.54) is 6.21 Å². The van der Waals surface area contributed by atoms with Crippen LogP contribution in [0.3, 0.4) is 0 Å². The van der Waals surface area contributed by atoms with E-state index in [4.69, 9.17) is 9.47 Å². The van der Waals surface area contributed by atoms with Crippen LogP contribution < -0.4 is 26.1 Å². The highest BCUT2D eigenvalue weighted by Crippen LogP contribution is 2.27. The molecular weight excluding hydrogens is 386 g/mol. The molecule has 0 aliphatic carbocycles. The van der Waals surface area contributed by atoms with Crippen molar-refractivity contribution in [2.75, 3.05) is 13.7 Å². The monoisotopic (exact) mass is 407 g/mol. The fourth-order valence-corrected chi connectivity index (χ4v) is 2.75. The summed E-state index contributed by atoms with van der Waals surface area (Å²) in [6.45, 7) is 4.15. The van der Waals surface area contributed by atoms with Gasteiger partial charge in [-0.2, -0.15) is 10.2 Å². The topological polar surface area (TPSA) is 139 Å². The number of hydrogen-bond donors (Lipinski definition) is 3. The molecule has 0 fully saturated rings. The van der Waals surface area contributed by atoms with Gasteiger partial charge in [0.1, 0.15) is 0 Å². The lowest BCUT2D eigenvalue weighted by molar-refractivity contribution is -0.120. The third-order valence-corrected chi connectivity index (χ3v) is 4.44. The molecule has 0 aliphatic heterocycles. The minimum Gasteiger partial charge on any atom is -0.493 e. The first-order valence-electron chi connectivity index (χ1n) is 8.44. The van der Waals surface area contributed by atoms with Gasteiger partial charge in [-0.1, -0.05) is 18.7 Å². The number of methoxy groups -OCH3 is 1. The number of ether oxygens (including phenoxy) is 2. The lowest BCUT2D eigenvalue weighted by atomic mass is 10.2. The van der Waals surface area contributed by atoms with E-state index < -0.39 is 22.4 Å². The van der Waals surface area contributed by atoms with E-state index in [-0.39, 0.29) is 5.03 Å². The number of benzene rings is 1. The predicted octanol–water partition coefficient (Wildman–Crippen LogP) is 0.886. The number of aromatic amines is 2. The molecule has 0 saturated heterocycles. The first-order chi connectivity index (χ1) is 13.4. The molecule has 3 N–H and O–H groups in total. The zero-order chi connectivity index (χ0) is 20.5. The Bertz CT molecular complexity index is 955. The normalized spacial score (nSPS) is 12.0. The van der Waals surface area contributed by atoms with E-state index in [1.54, 1.807) is 32.2 Å². The van der Waals surface area contributed by atoms with Crippen molar-refractivity contribution in [2.45, 2.75) is 30.5 Å². The van der Waals surface area contributed by atoms with Crippen molar-refractivity contribution in [1.29, 1.82) is 0 Å². The summed E-state index contributed by atoms with van der Waals surface area (Å²) in [5, 5.41) is 8.98. The Labute approximate surface area is 164 Å². The Morgan fingerprint density at radius 3 is 2.86 bits per heavy atom. The van der Waals surface area contributed by atoms with Crippen LogP contribution in [0, 0.1) is 0 Å². The van der Waals surface area contributed by atoms with Gasteiger partial charge in [0, 0.05) is 0 Å². The number of rotatable bonds is 9. The summed E-state index contributed by atoms with van der Waals surface area (Å²) in [5.74, 6) is 0.773. The number of aromatic nitrogens is 3. The number of nitrogens with one attached hydrogen (secondary N) is 3. The van der Waals surface area contributed by atoms with Crippen molar-refractivity contribution in [3.63, 3.8) is 0 Å². The molecule has 0 aliphatic rings. The number of carbonyl (C=O) groups is 1. The zero-order valence-electron chi connectivity index (χ0n) is 15.6. The van der Waals surface area contributed by atoms with Crippen LogP contribution in [0.4, 0.5) is 0 Å². The molecule has 1 aromatic carbocycles. The van der Waals surface area contributed by atoms with Crippen molar-refractivity contribution in [3.05, 3.63) is 44.6 Å². The SMILES string of the molecule is CCCOc1cc(/C=N/NC(=O)C(C)Sc2n[nH]c(=O)[nH]c2=O)ccc1OC. The fraction of sp³-hybridized carbons (Fsp3) is 0.353. The number of hydrogen-bond acceptors (Lipinski definition) is 8. The number of hydrazone groups is 1. The average Bonchev–Trinajstić information content (AvgIpc) is 2.68. The van der Waals surface area contributed by atoms with Gasteiger partial charge in [-0.3, -0.25) is 14.6 Å². The Kier molecular flexibility index (Phi) is 7.81. The molecule has 1 amide bonds. The molecule has 2 rings (SSSR count). The number of amides is 1. The summed E-state index contributed by atoms with van der Waals surface area (Å²) in [7, 11) is 1.56. The summed E-state index contributed by atoms with van der Waals surface area (Å²) in [4.78, 5) is 36.7. The number of H-pyrrole nitrogens is 2. The lowest BCUT2D eigenvalue weighted by Gasteiger charge is -2.10. The molecule has 10 nitrogen and oxygen atoms in total. The molecule has 1 unspecified atom stereocenters. The van der Waals surface area contributed by atoms with Crippen LogP contribution >= 0.6 is 11.8 Å². The Morgan fingerprint density at radius 1 is 1.39 bits per heavy atom. The van der Waals surface area contributed by atoms with Crippen LogP contribution in [-0.4, -0.2) is 46.3 Å². The molecule has 0 radical (unpaired) electrons. The summed E-state index contributed by atoms with van der Waals surface area (Å²) in [5.41, 5.74) is 1.75. The van der Waals surface area contributed by atoms with Gasteiger partial charge in [-0.25, -0.2) is 15.3 Å². The molecule has 0 spiro atoms. The van der Waals surface area contributed by atoms with E-state index in [1.807, 2.05) is 11.9 Å². The highest BCUT2D eigenvalue weighted by Gasteiger charge is 2.17. The molecule has 28 heavy (non-hydrogen) atoms. The van der Waals surface area contributed by atoms with Crippen LogP contribution in [0.15, 0.2) is 37.9 Å². The van der Waals surface area contributed by atoms with Crippen molar-refractivity contribution in [1.82, 2.24) is 20.6 Å². The summed E-state index contributed by atoms with van der Waals surface area (Å²) in [6.07, 6.45) is 2.33. The maximum absolute atomic E-state index is 12.1. The maximum atomic E-state index is 12.1. The van der Waals surface area contributed by atoms with Gasteiger partial charge in [0.05, 0.1) is 25.2 Å². The molecule has 1 heterocycles. The summed E-state index contributed by atoms with van der Waals surface area (Å²) >= 11 is 0.902. The predicted molar refractivity (Wildman–Crippen MR) is 105 cm³/mol. The quantitative estimate of drug-likeness (QED) is 0.319. The van der Waals surface area contributed by atoms with E-state index in [2.05, 4.69) is 20.7 Å². The van der Waals surface area contributed by atoms with Crippen LogP contribution in [0.5, 0.6) is 11.5 Å². The van der Waals surface area contributed by atoms with Gasteiger partial charge in [0.15, 0.2) is 16.5 Å². The van der Waals surface area contributed by atoms with Crippen molar-refractivity contribution in [2.24, 2.45) is 5.10 Å². The molecule has 11 heteroatoms. The van der Waals surface area contributed by atoms with E-state index >= 15 is 0 Å². The van der Waals surface area contributed by atoms with Crippen LogP contribution in [0.1, 0.15) is 25.8 Å². The average molecular weight is 407 g/mol. The first kappa shape index (κ1) is 21.2. The Hall–Kier alpha value is -3.08. The fourth-order valence-electron chi connectivity index (χ4n) is 2.00.